The van der Waals surface area contributed by atoms with Crippen molar-refractivity contribution in [3.8, 4) is 0 Å². The predicted octanol–water partition coefficient (Wildman–Crippen LogP) is 4.32. The lowest BCUT2D eigenvalue weighted by molar-refractivity contribution is 0.598. The first-order valence-electron chi connectivity index (χ1n) is 7.00. The molecule has 0 aromatic heterocycles. The zero-order valence-electron chi connectivity index (χ0n) is 12.1. The Hall–Kier alpha value is -0.470. The molecule has 0 spiro atoms. The molecule has 102 valence electrons. The van der Waals surface area contributed by atoms with Crippen LogP contribution in [0.15, 0.2) is 18.2 Å². The quantitative estimate of drug-likeness (QED) is 0.668. The monoisotopic (exact) mass is 265 g/mol. The number of aryl methyl sites for hydroxylation is 2. The van der Waals surface area contributed by atoms with Crippen molar-refractivity contribution < 1.29 is 0 Å². The number of nitrogens with one attached hydrogen (secondary N) is 1. The Kier molecular flexibility index (Phi) is 8.19. The second-order valence-corrected chi connectivity index (χ2v) is 6.00. The van der Waals surface area contributed by atoms with E-state index >= 15 is 0 Å². The SMILES string of the molecule is CSCCCCCCNCc1ccc(C)cc1C. The third-order valence-corrected chi connectivity index (χ3v) is 3.96. The minimum Gasteiger partial charge on any atom is -0.313 e. The first kappa shape index (κ1) is 15.6. The summed E-state index contributed by atoms with van der Waals surface area (Å²) in [5.74, 6) is 1.32. The van der Waals surface area contributed by atoms with Crippen molar-refractivity contribution in [2.24, 2.45) is 0 Å². The lowest BCUT2D eigenvalue weighted by Gasteiger charge is -2.08. The third kappa shape index (κ3) is 6.46. The predicted molar refractivity (Wildman–Crippen MR) is 84.5 cm³/mol. The summed E-state index contributed by atoms with van der Waals surface area (Å²) in [5, 5.41) is 3.55. The zero-order chi connectivity index (χ0) is 13.2. The van der Waals surface area contributed by atoms with Gasteiger partial charge in [-0.25, -0.2) is 0 Å². The van der Waals surface area contributed by atoms with Gasteiger partial charge in [-0.1, -0.05) is 36.6 Å². The average molecular weight is 265 g/mol. The minimum absolute atomic E-state index is 1.01. The van der Waals surface area contributed by atoms with Gasteiger partial charge in [-0.05, 0) is 56.4 Å². The van der Waals surface area contributed by atoms with Gasteiger partial charge in [-0.2, -0.15) is 11.8 Å². The van der Waals surface area contributed by atoms with E-state index in [1.54, 1.807) is 0 Å². The van der Waals surface area contributed by atoms with Crippen LogP contribution < -0.4 is 5.32 Å². The molecule has 0 atom stereocenters. The molecule has 0 saturated heterocycles. The van der Waals surface area contributed by atoms with Gasteiger partial charge in [-0.3, -0.25) is 0 Å². The van der Waals surface area contributed by atoms with E-state index in [2.05, 4.69) is 43.6 Å². The summed E-state index contributed by atoms with van der Waals surface area (Å²) in [5.41, 5.74) is 4.19. The second-order valence-electron chi connectivity index (χ2n) is 5.01. The molecular weight excluding hydrogens is 238 g/mol. The molecule has 2 heteroatoms. The highest BCUT2D eigenvalue weighted by Crippen LogP contribution is 2.10. The number of hydrogen-bond acceptors (Lipinski definition) is 2. The molecule has 1 aromatic carbocycles. The van der Waals surface area contributed by atoms with Gasteiger partial charge in [0.25, 0.3) is 0 Å². The molecule has 0 amide bonds. The van der Waals surface area contributed by atoms with Crippen LogP contribution in [0.4, 0.5) is 0 Å². The Bertz CT molecular complexity index is 336. The van der Waals surface area contributed by atoms with Crippen LogP contribution in [0.2, 0.25) is 0 Å². The fourth-order valence-corrected chi connectivity index (χ4v) is 2.61. The van der Waals surface area contributed by atoms with Crippen LogP contribution in [-0.4, -0.2) is 18.6 Å². The average Bonchev–Trinajstić information content (AvgIpc) is 2.35. The summed E-state index contributed by atoms with van der Waals surface area (Å²) in [6.45, 7) is 6.51. The fourth-order valence-electron chi connectivity index (χ4n) is 2.12. The molecule has 0 radical (unpaired) electrons. The van der Waals surface area contributed by atoms with Crippen LogP contribution in [0.25, 0.3) is 0 Å². The van der Waals surface area contributed by atoms with Crippen LogP contribution >= 0.6 is 11.8 Å². The standard InChI is InChI=1S/C16H27NS/c1-14-8-9-16(15(2)12-14)13-17-10-6-4-5-7-11-18-3/h8-9,12,17H,4-7,10-11,13H2,1-3H3. The molecule has 0 saturated carbocycles. The van der Waals surface area contributed by atoms with Crippen molar-refractivity contribution in [2.45, 2.75) is 46.1 Å². The molecule has 18 heavy (non-hydrogen) atoms. The topological polar surface area (TPSA) is 12.0 Å². The maximum absolute atomic E-state index is 3.55. The van der Waals surface area contributed by atoms with E-state index < -0.39 is 0 Å². The van der Waals surface area contributed by atoms with Crippen LogP contribution in [-0.2, 0) is 6.54 Å². The number of unbranched alkanes of at least 4 members (excludes halogenated alkanes) is 3. The van der Waals surface area contributed by atoms with Gasteiger partial charge in [0, 0.05) is 6.54 Å². The van der Waals surface area contributed by atoms with Crippen LogP contribution in [0, 0.1) is 13.8 Å². The van der Waals surface area contributed by atoms with Crippen molar-refractivity contribution >= 4 is 11.8 Å². The molecule has 0 fully saturated rings. The van der Waals surface area contributed by atoms with E-state index in [9.17, 15) is 0 Å². The highest BCUT2D eigenvalue weighted by molar-refractivity contribution is 7.98. The van der Waals surface area contributed by atoms with Gasteiger partial charge in [0.2, 0.25) is 0 Å². The normalized spacial score (nSPS) is 10.8. The molecule has 0 aliphatic heterocycles. The highest BCUT2D eigenvalue weighted by Gasteiger charge is 1.97. The van der Waals surface area contributed by atoms with Gasteiger partial charge < -0.3 is 5.32 Å². The number of thioether (sulfide) groups is 1. The van der Waals surface area contributed by atoms with Crippen LogP contribution in [0.5, 0.6) is 0 Å². The highest BCUT2D eigenvalue weighted by atomic mass is 32.2. The van der Waals surface area contributed by atoms with Gasteiger partial charge in [0.05, 0.1) is 0 Å². The first-order valence-corrected chi connectivity index (χ1v) is 8.39. The molecule has 1 nitrogen and oxygen atoms in total. The maximum Gasteiger partial charge on any atom is 0.0208 e. The Morgan fingerprint density at radius 3 is 2.56 bits per heavy atom. The fraction of sp³-hybridized carbons (Fsp3) is 0.625. The van der Waals surface area contributed by atoms with Crippen LogP contribution in [0.3, 0.4) is 0 Å². The summed E-state index contributed by atoms with van der Waals surface area (Å²) in [7, 11) is 0. The lowest BCUT2D eigenvalue weighted by Crippen LogP contribution is -2.15. The third-order valence-electron chi connectivity index (χ3n) is 3.27. The Balaban J connectivity index is 2.07. The molecule has 0 bridgehead atoms. The Labute approximate surface area is 117 Å². The summed E-state index contributed by atoms with van der Waals surface area (Å²) in [6, 6.07) is 6.71. The van der Waals surface area contributed by atoms with Crippen molar-refractivity contribution in [1.29, 1.82) is 0 Å². The van der Waals surface area contributed by atoms with Gasteiger partial charge >= 0.3 is 0 Å². The van der Waals surface area contributed by atoms with E-state index in [0.29, 0.717) is 0 Å². The second kappa shape index (κ2) is 9.46. The van der Waals surface area contributed by atoms with Crippen molar-refractivity contribution in [3.63, 3.8) is 0 Å². The number of hydrogen-bond donors (Lipinski definition) is 1. The molecular formula is C16H27NS. The lowest BCUT2D eigenvalue weighted by atomic mass is 10.1. The summed E-state index contributed by atoms with van der Waals surface area (Å²) in [6.07, 6.45) is 7.61. The largest absolute Gasteiger partial charge is 0.313 e. The van der Waals surface area contributed by atoms with Gasteiger partial charge in [0.1, 0.15) is 0 Å². The molecule has 1 N–H and O–H groups in total. The Morgan fingerprint density at radius 2 is 1.83 bits per heavy atom. The first-order chi connectivity index (χ1) is 8.74. The van der Waals surface area contributed by atoms with E-state index in [0.717, 1.165) is 13.1 Å². The number of benzene rings is 1. The molecule has 0 unspecified atom stereocenters. The number of rotatable bonds is 9. The summed E-state index contributed by atoms with van der Waals surface area (Å²) < 4.78 is 0. The molecule has 0 heterocycles. The van der Waals surface area contributed by atoms with E-state index in [1.807, 2.05) is 11.8 Å². The van der Waals surface area contributed by atoms with Gasteiger partial charge in [0.15, 0.2) is 0 Å². The van der Waals surface area contributed by atoms with Crippen molar-refractivity contribution in [2.75, 3.05) is 18.6 Å². The van der Waals surface area contributed by atoms with Crippen LogP contribution in [0.1, 0.15) is 42.4 Å². The van der Waals surface area contributed by atoms with Crippen molar-refractivity contribution in [1.82, 2.24) is 5.32 Å². The molecule has 0 aliphatic carbocycles. The van der Waals surface area contributed by atoms with Gasteiger partial charge in [-0.15, -0.1) is 0 Å². The smallest absolute Gasteiger partial charge is 0.0208 e. The van der Waals surface area contributed by atoms with Crippen molar-refractivity contribution in [3.05, 3.63) is 34.9 Å². The molecule has 0 aliphatic rings. The molecule has 1 aromatic rings. The summed E-state index contributed by atoms with van der Waals surface area (Å²) in [4.78, 5) is 0. The zero-order valence-corrected chi connectivity index (χ0v) is 12.9. The van der Waals surface area contributed by atoms with E-state index in [4.69, 9.17) is 0 Å². The minimum atomic E-state index is 1.01. The maximum atomic E-state index is 3.55. The van der Waals surface area contributed by atoms with E-state index in [1.165, 1.54) is 48.1 Å². The van der Waals surface area contributed by atoms with E-state index in [-0.39, 0.29) is 0 Å². The summed E-state index contributed by atoms with van der Waals surface area (Å²) >= 11 is 1.95. The Morgan fingerprint density at radius 1 is 1.06 bits per heavy atom. The molecule has 1 rings (SSSR count).